The lowest BCUT2D eigenvalue weighted by molar-refractivity contribution is 0.446. The summed E-state index contributed by atoms with van der Waals surface area (Å²) in [5, 5.41) is 8.67. The minimum absolute atomic E-state index is 0.00115. The summed E-state index contributed by atoms with van der Waals surface area (Å²) in [6.45, 7) is 0. The van der Waals surface area contributed by atoms with Crippen molar-refractivity contribution in [2.24, 2.45) is 0 Å². The van der Waals surface area contributed by atoms with Crippen LogP contribution < -0.4 is 0 Å². The summed E-state index contributed by atoms with van der Waals surface area (Å²) in [5.41, 5.74) is 0.742. The van der Waals surface area contributed by atoms with Gasteiger partial charge in [0.2, 0.25) is 0 Å². The zero-order valence-electron chi connectivity index (χ0n) is 9.42. The fourth-order valence-corrected chi connectivity index (χ4v) is 1.34. The molecule has 1 heterocycles. The third kappa shape index (κ3) is 2.91. The Bertz CT molecular complexity index is 713. The molecule has 0 aliphatic rings. The Morgan fingerprint density at radius 1 is 0.842 bits per heavy atom. The molecule has 92 valence electrons. The van der Waals surface area contributed by atoms with Crippen molar-refractivity contribution in [3.05, 3.63) is 64.7 Å². The summed E-state index contributed by atoms with van der Waals surface area (Å²) in [7, 11) is 0. The lowest BCUT2D eigenvalue weighted by Crippen LogP contribution is -1.91. The smallest absolute Gasteiger partial charge is 0.194 e. The normalized spacial score (nSPS) is 9.37. The summed E-state index contributed by atoms with van der Waals surface area (Å²) in [4.78, 5) is 3.78. The first kappa shape index (κ1) is 12.7. The minimum Gasteiger partial charge on any atom is -0.262 e. The van der Waals surface area contributed by atoms with Gasteiger partial charge in [-0.1, -0.05) is 11.8 Å². The SMILES string of the molecule is N#Cc1cncc(C#Cc2cc(F)c(F)c(F)c2)c1. The first-order chi connectivity index (χ1) is 9.10. The predicted octanol–water partition coefficient (Wildman–Crippen LogP) is 2.77. The molecule has 2 aromatic rings. The third-order valence-electron chi connectivity index (χ3n) is 2.20. The Hall–Kier alpha value is -2.79. The van der Waals surface area contributed by atoms with Gasteiger partial charge in [0.25, 0.3) is 0 Å². The van der Waals surface area contributed by atoms with Gasteiger partial charge in [0.1, 0.15) is 6.07 Å². The summed E-state index contributed by atoms with van der Waals surface area (Å²) in [5.74, 6) is 0.940. The molecule has 0 spiro atoms. The van der Waals surface area contributed by atoms with Gasteiger partial charge in [0.15, 0.2) is 17.5 Å². The molecule has 2 nitrogen and oxygen atoms in total. The molecular formula is C14H5F3N2. The van der Waals surface area contributed by atoms with E-state index in [0.717, 1.165) is 12.1 Å². The lowest BCUT2D eigenvalue weighted by Gasteiger charge is -1.96. The van der Waals surface area contributed by atoms with E-state index in [1.54, 1.807) is 0 Å². The molecule has 0 amide bonds. The fraction of sp³-hybridized carbons (Fsp3) is 0. The summed E-state index contributed by atoms with van der Waals surface area (Å²) >= 11 is 0. The van der Waals surface area contributed by atoms with Gasteiger partial charge < -0.3 is 0 Å². The van der Waals surface area contributed by atoms with E-state index in [2.05, 4.69) is 16.8 Å². The average Bonchev–Trinajstić information content (AvgIpc) is 2.42. The van der Waals surface area contributed by atoms with Crippen LogP contribution in [0.25, 0.3) is 0 Å². The van der Waals surface area contributed by atoms with Crippen molar-refractivity contribution in [3.8, 4) is 17.9 Å². The molecular weight excluding hydrogens is 253 g/mol. The van der Waals surface area contributed by atoms with Crippen molar-refractivity contribution < 1.29 is 13.2 Å². The standard InChI is InChI=1S/C14H5F3N2/c15-12-4-9(5-13(16)14(12)17)1-2-10-3-11(6-18)8-19-7-10/h3-5,7-8H. The molecule has 5 heteroatoms. The molecule has 0 radical (unpaired) electrons. The molecule has 0 saturated heterocycles. The van der Waals surface area contributed by atoms with Gasteiger partial charge in [-0.2, -0.15) is 5.26 Å². The molecule has 0 atom stereocenters. The number of aromatic nitrogens is 1. The highest BCUT2D eigenvalue weighted by atomic mass is 19.2. The Morgan fingerprint density at radius 3 is 2.05 bits per heavy atom. The number of pyridine rings is 1. The number of benzene rings is 1. The zero-order valence-corrected chi connectivity index (χ0v) is 9.42. The van der Waals surface area contributed by atoms with Crippen LogP contribution in [0, 0.1) is 40.6 Å². The quantitative estimate of drug-likeness (QED) is 0.538. The molecule has 0 bridgehead atoms. The number of nitriles is 1. The summed E-state index contributed by atoms with van der Waals surface area (Å²) in [6, 6.07) is 4.97. The van der Waals surface area contributed by atoms with Crippen molar-refractivity contribution in [1.29, 1.82) is 5.26 Å². The molecule has 1 aromatic carbocycles. The summed E-state index contributed by atoms with van der Waals surface area (Å²) in [6.07, 6.45) is 2.77. The largest absolute Gasteiger partial charge is 0.262 e. The fourth-order valence-electron chi connectivity index (χ4n) is 1.34. The molecule has 0 fully saturated rings. The Kier molecular flexibility index (Phi) is 3.49. The molecule has 0 unspecified atom stereocenters. The van der Waals surface area contributed by atoms with Crippen LogP contribution in [-0.4, -0.2) is 4.98 Å². The van der Waals surface area contributed by atoms with Gasteiger partial charge in [-0.15, -0.1) is 0 Å². The van der Waals surface area contributed by atoms with E-state index in [4.69, 9.17) is 5.26 Å². The Balaban J connectivity index is 2.37. The number of nitrogens with zero attached hydrogens (tertiary/aromatic N) is 2. The van der Waals surface area contributed by atoms with E-state index in [0.29, 0.717) is 11.1 Å². The molecule has 2 rings (SSSR count). The van der Waals surface area contributed by atoms with Crippen molar-refractivity contribution in [1.82, 2.24) is 4.98 Å². The van der Waals surface area contributed by atoms with Crippen LogP contribution in [-0.2, 0) is 0 Å². The lowest BCUT2D eigenvalue weighted by atomic mass is 10.1. The molecule has 1 aromatic heterocycles. The van der Waals surface area contributed by atoms with E-state index >= 15 is 0 Å². The topological polar surface area (TPSA) is 36.7 Å². The van der Waals surface area contributed by atoms with E-state index < -0.39 is 17.5 Å². The van der Waals surface area contributed by atoms with Gasteiger partial charge in [-0.25, -0.2) is 13.2 Å². The molecule has 0 aliphatic heterocycles. The maximum Gasteiger partial charge on any atom is 0.194 e. The maximum atomic E-state index is 12.9. The van der Waals surface area contributed by atoms with Crippen molar-refractivity contribution in [2.75, 3.05) is 0 Å². The van der Waals surface area contributed by atoms with E-state index in [1.165, 1.54) is 18.5 Å². The highest BCUT2D eigenvalue weighted by Crippen LogP contribution is 2.12. The van der Waals surface area contributed by atoms with Crippen LogP contribution >= 0.6 is 0 Å². The van der Waals surface area contributed by atoms with Gasteiger partial charge in [-0.05, 0) is 18.2 Å². The number of hydrogen-bond acceptors (Lipinski definition) is 2. The average molecular weight is 258 g/mol. The number of rotatable bonds is 0. The van der Waals surface area contributed by atoms with Gasteiger partial charge in [0, 0.05) is 23.5 Å². The van der Waals surface area contributed by atoms with Crippen LogP contribution in [0.4, 0.5) is 13.2 Å². The monoisotopic (exact) mass is 258 g/mol. The van der Waals surface area contributed by atoms with Crippen molar-refractivity contribution in [3.63, 3.8) is 0 Å². The van der Waals surface area contributed by atoms with E-state index in [1.807, 2.05) is 6.07 Å². The van der Waals surface area contributed by atoms with Crippen LogP contribution in [0.1, 0.15) is 16.7 Å². The number of halogens is 3. The van der Waals surface area contributed by atoms with E-state index in [-0.39, 0.29) is 5.56 Å². The molecule has 0 saturated carbocycles. The van der Waals surface area contributed by atoms with Crippen molar-refractivity contribution >= 4 is 0 Å². The summed E-state index contributed by atoms with van der Waals surface area (Å²) < 4.78 is 38.6. The second kappa shape index (κ2) is 5.24. The van der Waals surface area contributed by atoms with Crippen molar-refractivity contribution in [2.45, 2.75) is 0 Å². The third-order valence-corrected chi connectivity index (χ3v) is 2.20. The van der Waals surface area contributed by atoms with Crippen LogP contribution in [0.3, 0.4) is 0 Å². The molecule has 0 aliphatic carbocycles. The Labute approximate surface area is 107 Å². The second-order valence-corrected chi connectivity index (χ2v) is 3.58. The van der Waals surface area contributed by atoms with E-state index in [9.17, 15) is 13.2 Å². The second-order valence-electron chi connectivity index (χ2n) is 3.58. The highest BCUT2D eigenvalue weighted by molar-refractivity contribution is 5.44. The minimum atomic E-state index is -1.53. The maximum absolute atomic E-state index is 12.9. The zero-order chi connectivity index (χ0) is 13.8. The van der Waals surface area contributed by atoms with Crippen LogP contribution in [0.2, 0.25) is 0 Å². The molecule has 19 heavy (non-hydrogen) atoms. The predicted molar refractivity (Wildman–Crippen MR) is 61.2 cm³/mol. The highest BCUT2D eigenvalue weighted by Gasteiger charge is 2.09. The van der Waals surface area contributed by atoms with Gasteiger partial charge >= 0.3 is 0 Å². The van der Waals surface area contributed by atoms with Gasteiger partial charge in [-0.3, -0.25) is 4.98 Å². The Morgan fingerprint density at radius 2 is 1.42 bits per heavy atom. The first-order valence-electron chi connectivity index (χ1n) is 5.12. The van der Waals surface area contributed by atoms with Crippen LogP contribution in [0.5, 0.6) is 0 Å². The first-order valence-corrected chi connectivity index (χ1v) is 5.12. The van der Waals surface area contributed by atoms with Gasteiger partial charge in [0.05, 0.1) is 5.56 Å². The number of hydrogen-bond donors (Lipinski definition) is 0. The molecule has 0 N–H and O–H groups in total. The van der Waals surface area contributed by atoms with Crippen LogP contribution in [0.15, 0.2) is 30.6 Å².